The highest BCUT2D eigenvalue weighted by Gasteiger charge is 2.65. The second-order valence-corrected chi connectivity index (χ2v) is 10.8. The van der Waals surface area contributed by atoms with Crippen LogP contribution in [0.4, 0.5) is 0 Å². The molecule has 4 aliphatic rings. The van der Waals surface area contributed by atoms with Crippen LogP contribution < -0.4 is 0 Å². The number of carboxylic acid groups (broad SMARTS) is 1. The average molecular weight is 413 g/mol. The highest BCUT2D eigenvalue weighted by atomic mass is 16.4. The molecular formula is C24H40O5. The molecule has 0 radical (unpaired) electrons. The average Bonchev–Trinajstić information content (AvgIpc) is 3.06. The molecule has 4 aliphatic carbocycles. The number of hydrogen-bond acceptors (Lipinski definition) is 4. The summed E-state index contributed by atoms with van der Waals surface area (Å²) in [6.45, 7) is 6.04. The lowest BCUT2D eigenvalue weighted by Crippen LogP contribution is -2.62. The maximum Gasteiger partial charge on any atom is 0.303 e. The molecule has 0 spiro atoms. The lowest BCUT2D eigenvalue weighted by molar-refractivity contribution is -0.207. The van der Waals surface area contributed by atoms with Gasteiger partial charge in [-0.05, 0) is 97.6 Å². The fourth-order valence-electron chi connectivity index (χ4n) is 7.99. The molecule has 0 unspecified atom stereocenters. The molecule has 0 saturated heterocycles. The summed E-state index contributed by atoms with van der Waals surface area (Å²) >= 11 is 0. The third-order valence-electron chi connectivity index (χ3n) is 9.61. The Kier molecular flexibility index (Phi) is 4.38. The van der Waals surface area contributed by atoms with Gasteiger partial charge in [0.1, 0.15) is 0 Å². The second kappa shape index (κ2) is 7.49. The molecule has 0 heterocycles. The Morgan fingerprint density at radius 2 is 1.90 bits per heavy atom. The van der Waals surface area contributed by atoms with E-state index < -0.39 is 53.8 Å². The van der Waals surface area contributed by atoms with E-state index in [1.165, 1.54) is 0 Å². The Morgan fingerprint density at radius 1 is 1.17 bits per heavy atom. The van der Waals surface area contributed by atoms with E-state index in [0.29, 0.717) is 12.8 Å². The van der Waals surface area contributed by atoms with Crippen LogP contribution in [0.15, 0.2) is 0 Å². The van der Waals surface area contributed by atoms with Crippen molar-refractivity contribution in [3.63, 3.8) is 0 Å². The molecule has 0 aliphatic heterocycles. The maximum absolute atomic E-state index is 11.5. The number of carboxylic acids is 1. The number of aliphatic carboxylic acids is 1. The SMILES string of the molecule is [2H]C1([2H])C[C@@]2(C)[C@H](C[C@@H](O)[C@@H]3[C@@H]2C[C@H](O)[C@]2(C)[C@@H]([C@H](C)CCC(=O)O)CC[C@@H]32)C([2H])([2H])[C@@H]1O. The first-order valence-corrected chi connectivity index (χ1v) is 11.3. The first kappa shape index (κ1) is 17.0. The molecule has 5 nitrogen and oxygen atoms in total. The lowest BCUT2D eigenvalue weighted by Gasteiger charge is -2.63. The summed E-state index contributed by atoms with van der Waals surface area (Å²) in [5, 5.41) is 42.5. The second-order valence-electron chi connectivity index (χ2n) is 10.8. The molecule has 0 aromatic rings. The molecule has 0 aromatic heterocycles. The van der Waals surface area contributed by atoms with Gasteiger partial charge in [-0.1, -0.05) is 20.8 Å². The van der Waals surface area contributed by atoms with Crippen LogP contribution in [0.3, 0.4) is 0 Å². The number of aliphatic hydroxyl groups is 3. The Hall–Kier alpha value is -0.650. The van der Waals surface area contributed by atoms with Gasteiger partial charge in [0.2, 0.25) is 0 Å². The van der Waals surface area contributed by atoms with Gasteiger partial charge in [0, 0.05) is 11.9 Å². The minimum atomic E-state index is -2.17. The first-order valence-electron chi connectivity index (χ1n) is 13.3. The first-order chi connectivity index (χ1) is 15.1. The topological polar surface area (TPSA) is 98.0 Å². The lowest BCUT2D eigenvalue weighted by atomic mass is 9.43. The van der Waals surface area contributed by atoms with Gasteiger partial charge < -0.3 is 20.4 Å². The van der Waals surface area contributed by atoms with Gasteiger partial charge in [-0.15, -0.1) is 0 Å². The van der Waals surface area contributed by atoms with E-state index in [-0.39, 0.29) is 48.9 Å². The zero-order valence-electron chi connectivity index (χ0n) is 21.8. The molecule has 29 heavy (non-hydrogen) atoms. The zero-order chi connectivity index (χ0) is 24.7. The third kappa shape index (κ3) is 3.27. The fourth-order valence-corrected chi connectivity index (χ4v) is 7.99. The van der Waals surface area contributed by atoms with E-state index in [9.17, 15) is 20.1 Å². The predicted octanol–water partition coefficient (Wildman–Crippen LogP) is 3.45. The highest BCUT2D eigenvalue weighted by Crippen LogP contribution is 2.68. The summed E-state index contributed by atoms with van der Waals surface area (Å²) in [5.74, 6) is -1.65. The van der Waals surface area contributed by atoms with Crippen LogP contribution in [0.5, 0.6) is 0 Å². The summed E-state index contributed by atoms with van der Waals surface area (Å²) < 4.78 is 34.0. The molecule has 166 valence electrons. The van der Waals surface area contributed by atoms with Crippen LogP contribution in [0.2, 0.25) is 0 Å². The van der Waals surface area contributed by atoms with Gasteiger partial charge in [0.25, 0.3) is 0 Å². The minimum Gasteiger partial charge on any atom is -0.481 e. The van der Waals surface area contributed by atoms with Crippen LogP contribution in [-0.4, -0.2) is 44.7 Å². The van der Waals surface area contributed by atoms with Crippen LogP contribution in [-0.2, 0) is 4.79 Å². The van der Waals surface area contributed by atoms with Crippen molar-refractivity contribution in [3.8, 4) is 0 Å². The fraction of sp³-hybridized carbons (Fsp3) is 0.958. The Balaban J connectivity index is 1.69. The molecule has 5 heteroatoms. The van der Waals surface area contributed by atoms with E-state index in [1.807, 2.05) is 6.92 Å². The Bertz CT molecular complexity index is 793. The summed E-state index contributed by atoms with van der Waals surface area (Å²) in [5.41, 5.74) is -1.25. The van der Waals surface area contributed by atoms with Gasteiger partial charge in [0.05, 0.1) is 18.3 Å². The van der Waals surface area contributed by atoms with Crippen LogP contribution in [0.1, 0.15) is 83.9 Å². The monoisotopic (exact) mass is 412 g/mol. The largest absolute Gasteiger partial charge is 0.481 e. The standard InChI is InChI=1S/C24H40O5/c1-13(4-7-21(28)29)16-5-6-17-22-18(12-20(27)24(16,17)3)23(2)9-8-15(25)10-14(23)11-19(22)26/h13-20,22,25-27H,4-12H2,1-3H3,(H,28,29)/t13-,14+,15-,16-,17+,18+,19-,20+,22+,23+,24-/m1/s1/i8D2,10D2. The van der Waals surface area contributed by atoms with Crippen LogP contribution >= 0.6 is 0 Å². The molecule has 0 aromatic carbocycles. The maximum atomic E-state index is 11.5. The molecule has 4 N–H and O–H groups in total. The smallest absolute Gasteiger partial charge is 0.303 e. The molecule has 4 rings (SSSR count). The van der Waals surface area contributed by atoms with E-state index in [1.54, 1.807) is 0 Å². The van der Waals surface area contributed by atoms with Crippen molar-refractivity contribution in [3.05, 3.63) is 0 Å². The third-order valence-corrected chi connectivity index (χ3v) is 9.61. The van der Waals surface area contributed by atoms with Crippen molar-refractivity contribution in [2.24, 2.45) is 46.3 Å². The summed E-state index contributed by atoms with van der Waals surface area (Å²) in [6, 6.07) is 0. The van der Waals surface area contributed by atoms with E-state index >= 15 is 0 Å². The number of aliphatic hydroxyl groups excluding tert-OH is 3. The zero-order valence-corrected chi connectivity index (χ0v) is 17.8. The summed E-state index contributed by atoms with van der Waals surface area (Å²) in [4.78, 5) is 11.1. The van der Waals surface area contributed by atoms with Crippen molar-refractivity contribution in [2.75, 3.05) is 0 Å². The van der Waals surface area contributed by atoms with Gasteiger partial charge >= 0.3 is 5.97 Å². The Morgan fingerprint density at radius 3 is 2.59 bits per heavy atom. The molecule has 0 bridgehead atoms. The van der Waals surface area contributed by atoms with Gasteiger partial charge in [-0.3, -0.25) is 4.79 Å². The van der Waals surface area contributed by atoms with E-state index in [4.69, 9.17) is 10.6 Å². The van der Waals surface area contributed by atoms with Crippen LogP contribution in [0.25, 0.3) is 0 Å². The quantitative estimate of drug-likeness (QED) is 0.567. The summed E-state index contributed by atoms with van der Waals surface area (Å²) in [6.07, 6.45) is -4.60. The summed E-state index contributed by atoms with van der Waals surface area (Å²) in [7, 11) is 0. The van der Waals surface area contributed by atoms with Crippen molar-refractivity contribution >= 4 is 5.97 Å². The normalized spacial score (nSPS) is 58.4. The van der Waals surface area contributed by atoms with Crippen molar-refractivity contribution in [1.29, 1.82) is 0 Å². The predicted molar refractivity (Wildman–Crippen MR) is 110 cm³/mol. The Labute approximate surface area is 180 Å². The van der Waals surface area contributed by atoms with Crippen molar-refractivity contribution in [2.45, 2.75) is 96.8 Å². The number of carbonyl (C=O) groups is 1. The van der Waals surface area contributed by atoms with Gasteiger partial charge in [0.15, 0.2) is 0 Å². The molecule has 4 fully saturated rings. The van der Waals surface area contributed by atoms with Crippen molar-refractivity contribution < 1.29 is 30.7 Å². The van der Waals surface area contributed by atoms with Gasteiger partial charge in [-0.25, -0.2) is 0 Å². The minimum absolute atomic E-state index is 0.00777. The molecular weight excluding hydrogens is 368 g/mol. The number of hydrogen-bond donors (Lipinski definition) is 4. The molecule has 11 atom stereocenters. The van der Waals surface area contributed by atoms with Gasteiger partial charge in [-0.2, -0.15) is 0 Å². The molecule has 0 amide bonds. The number of fused-ring (bicyclic) bond motifs is 5. The number of rotatable bonds is 4. The van der Waals surface area contributed by atoms with Crippen LogP contribution in [0, 0.1) is 46.3 Å². The highest BCUT2D eigenvalue weighted by molar-refractivity contribution is 5.66. The van der Waals surface area contributed by atoms with Crippen molar-refractivity contribution in [1.82, 2.24) is 0 Å². The van der Waals surface area contributed by atoms with E-state index in [2.05, 4.69) is 13.8 Å². The molecule has 4 saturated carbocycles. The van der Waals surface area contributed by atoms with E-state index in [0.717, 1.165) is 12.8 Å².